The van der Waals surface area contributed by atoms with Crippen LogP contribution in [0.4, 0.5) is 11.5 Å². The van der Waals surface area contributed by atoms with E-state index < -0.39 is 10.8 Å². The highest BCUT2D eigenvalue weighted by atomic mass is 16.6. The number of amides is 1. The Labute approximate surface area is 114 Å². The van der Waals surface area contributed by atoms with E-state index in [4.69, 9.17) is 5.73 Å². The number of aromatic amines is 1. The molecule has 8 heteroatoms. The van der Waals surface area contributed by atoms with Crippen LogP contribution in [0.5, 0.6) is 0 Å². The zero-order valence-corrected chi connectivity index (χ0v) is 10.7. The maximum absolute atomic E-state index is 12.1. The number of H-pyrrole nitrogens is 1. The van der Waals surface area contributed by atoms with E-state index in [-0.39, 0.29) is 17.8 Å². The van der Waals surface area contributed by atoms with Gasteiger partial charge in [0.1, 0.15) is 11.4 Å². The Bertz CT molecular complexity index is 665. The molecular formula is C12H13N5O3. The average Bonchev–Trinajstić information content (AvgIpc) is 2.81. The van der Waals surface area contributed by atoms with E-state index in [9.17, 15) is 14.9 Å². The predicted molar refractivity (Wildman–Crippen MR) is 72.0 cm³/mol. The Balaban J connectivity index is 2.21. The van der Waals surface area contributed by atoms with Crippen molar-refractivity contribution < 1.29 is 9.72 Å². The molecule has 0 aliphatic carbocycles. The minimum absolute atomic E-state index is 0.0552. The summed E-state index contributed by atoms with van der Waals surface area (Å²) in [6.07, 6.45) is 1.49. The summed E-state index contributed by atoms with van der Waals surface area (Å²) in [6, 6.07) is 4.49. The number of aryl methyl sites for hydroxylation is 1. The van der Waals surface area contributed by atoms with Gasteiger partial charge in [0.2, 0.25) is 0 Å². The van der Waals surface area contributed by atoms with Crippen LogP contribution in [0, 0.1) is 17.0 Å². The van der Waals surface area contributed by atoms with Gasteiger partial charge in [0.05, 0.1) is 11.1 Å². The second-order valence-corrected chi connectivity index (χ2v) is 4.22. The number of carbonyl (C=O) groups excluding carboxylic acids is 1. The molecule has 104 valence electrons. The summed E-state index contributed by atoms with van der Waals surface area (Å²) in [5, 5.41) is 19.8. The van der Waals surface area contributed by atoms with Crippen LogP contribution < -0.4 is 11.1 Å². The van der Waals surface area contributed by atoms with E-state index in [1.807, 2.05) is 0 Å². The molecule has 1 amide bonds. The van der Waals surface area contributed by atoms with Crippen LogP contribution in [0.25, 0.3) is 0 Å². The van der Waals surface area contributed by atoms with E-state index in [1.54, 1.807) is 13.0 Å². The predicted octanol–water partition coefficient (Wildman–Crippen LogP) is 1.14. The molecule has 0 aliphatic heterocycles. The molecule has 2 aromatic rings. The number of hydrogen-bond donors (Lipinski definition) is 3. The van der Waals surface area contributed by atoms with Gasteiger partial charge in [-0.2, -0.15) is 5.10 Å². The monoisotopic (exact) mass is 275 g/mol. The smallest absolute Gasteiger partial charge is 0.282 e. The molecule has 0 aliphatic rings. The van der Waals surface area contributed by atoms with Gasteiger partial charge >= 0.3 is 0 Å². The third-order valence-corrected chi connectivity index (χ3v) is 2.87. The highest BCUT2D eigenvalue weighted by Crippen LogP contribution is 2.21. The summed E-state index contributed by atoms with van der Waals surface area (Å²) in [4.78, 5) is 22.5. The maximum atomic E-state index is 12.1. The highest BCUT2D eigenvalue weighted by Gasteiger charge is 2.22. The Hall–Kier alpha value is -2.90. The van der Waals surface area contributed by atoms with E-state index in [2.05, 4.69) is 15.5 Å². The van der Waals surface area contributed by atoms with E-state index in [0.29, 0.717) is 16.9 Å². The van der Waals surface area contributed by atoms with Crippen molar-refractivity contribution in [3.05, 3.63) is 51.2 Å². The van der Waals surface area contributed by atoms with Gasteiger partial charge in [0, 0.05) is 18.2 Å². The quantitative estimate of drug-likeness (QED) is 0.569. The van der Waals surface area contributed by atoms with Crippen LogP contribution in [-0.2, 0) is 6.54 Å². The van der Waals surface area contributed by atoms with Crippen LogP contribution in [0.15, 0.2) is 24.4 Å². The number of aromatic nitrogens is 2. The molecule has 4 N–H and O–H groups in total. The lowest BCUT2D eigenvalue weighted by molar-refractivity contribution is -0.385. The third kappa shape index (κ3) is 2.58. The maximum Gasteiger partial charge on any atom is 0.282 e. The topological polar surface area (TPSA) is 127 Å². The number of carbonyl (C=O) groups is 1. The SMILES string of the molecule is Cc1cccc([N+](=O)[O-])c1C(=O)NCc1cn[nH]c1N. The molecule has 0 saturated heterocycles. The molecule has 8 nitrogen and oxygen atoms in total. The number of nitro benzene ring substituents is 1. The third-order valence-electron chi connectivity index (χ3n) is 2.87. The Kier molecular flexibility index (Phi) is 3.65. The molecule has 1 heterocycles. The zero-order valence-electron chi connectivity index (χ0n) is 10.7. The van der Waals surface area contributed by atoms with Crippen molar-refractivity contribution in [1.82, 2.24) is 15.5 Å². The fourth-order valence-electron chi connectivity index (χ4n) is 1.83. The Morgan fingerprint density at radius 3 is 2.90 bits per heavy atom. The average molecular weight is 275 g/mol. The van der Waals surface area contributed by atoms with Crippen molar-refractivity contribution in [3.63, 3.8) is 0 Å². The van der Waals surface area contributed by atoms with Gasteiger partial charge < -0.3 is 11.1 Å². The van der Waals surface area contributed by atoms with Gasteiger partial charge in [0.15, 0.2) is 0 Å². The summed E-state index contributed by atoms with van der Waals surface area (Å²) >= 11 is 0. The van der Waals surface area contributed by atoms with Gasteiger partial charge in [-0.15, -0.1) is 0 Å². The summed E-state index contributed by atoms with van der Waals surface area (Å²) in [5.41, 5.74) is 6.59. The molecule has 1 aromatic heterocycles. The number of rotatable bonds is 4. The molecule has 0 spiro atoms. The first-order chi connectivity index (χ1) is 9.50. The van der Waals surface area contributed by atoms with Crippen molar-refractivity contribution in [2.45, 2.75) is 13.5 Å². The number of anilines is 1. The number of nitro groups is 1. The van der Waals surface area contributed by atoms with Crippen LogP contribution in [0.2, 0.25) is 0 Å². The number of nitrogens with one attached hydrogen (secondary N) is 2. The lowest BCUT2D eigenvalue weighted by Gasteiger charge is -2.07. The zero-order chi connectivity index (χ0) is 14.7. The van der Waals surface area contributed by atoms with Crippen LogP contribution in [0.3, 0.4) is 0 Å². The first kappa shape index (κ1) is 13.5. The molecule has 20 heavy (non-hydrogen) atoms. The van der Waals surface area contributed by atoms with Crippen molar-refractivity contribution in [3.8, 4) is 0 Å². The largest absolute Gasteiger partial charge is 0.384 e. The molecule has 2 rings (SSSR count). The minimum Gasteiger partial charge on any atom is -0.384 e. The summed E-state index contributed by atoms with van der Waals surface area (Å²) in [5.74, 6) is -0.167. The fraction of sp³-hybridized carbons (Fsp3) is 0.167. The van der Waals surface area contributed by atoms with Crippen molar-refractivity contribution in [2.75, 3.05) is 5.73 Å². The highest BCUT2D eigenvalue weighted by molar-refractivity contribution is 5.99. The molecule has 0 radical (unpaired) electrons. The molecule has 0 atom stereocenters. The Morgan fingerprint density at radius 2 is 2.30 bits per heavy atom. The van der Waals surface area contributed by atoms with Gasteiger partial charge in [0.25, 0.3) is 11.6 Å². The van der Waals surface area contributed by atoms with Gasteiger partial charge in [-0.25, -0.2) is 0 Å². The number of nitrogens with zero attached hydrogens (tertiary/aromatic N) is 2. The number of nitrogen functional groups attached to an aromatic ring is 1. The fourth-order valence-corrected chi connectivity index (χ4v) is 1.83. The van der Waals surface area contributed by atoms with Gasteiger partial charge in [-0.3, -0.25) is 20.0 Å². The van der Waals surface area contributed by atoms with Crippen LogP contribution in [-0.4, -0.2) is 21.0 Å². The van der Waals surface area contributed by atoms with Gasteiger partial charge in [-0.1, -0.05) is 12.1 Å². The molecule has 0 fully saturated rings. The normalized spacial score (nSPS) is 10.2. The van der Waals surface area contributed by atoms with E-state index >= 15 is 0 Å². The van der Waals surface area contributed by atoms with Crippen molar-refractivity contribution in [1.29, 1.82) is 0 Å². The number of benzene rings is 1. The second-order valence-electron chi connectivity index (χ2n) is 4.22. The standard InChI is InChI=1S/C12H13N5O3/c1-7-3-2-4-9(17(19)20)10(7)12(18)14-5-8-6-15-16-11(8)13/h2-4,6H,5H2,1H3,(H,14,18)(H3,13,15,16). The molecular weight excluding hydrogens is 262 g/mol. The van der Waals surface area contributed by atoms with Crippen molar-refractivity contribution >= 4 is 17.4 Å². The Morgan fingerprint density at radius 1 is 1.55 bits per heavy atom. The first-order valence-electron chi connectivity index (χ1n) is 5.80. The first-order valence-corrected chi connectivity index (χ1v) is 5.80. The van der Waals surface area contributed by atoms with Gasteiger partial charge in [-0.05, 0) is 12.5 Å². The van der Waals surface area contributed by atoms with E-state index in [0.717, 1.165) is 0 Å². The van der Waals surface area contributed by atoms with Crippen LogP contribution in [0.1, 0.15) is 21.5 Å². The number of nitrogens with two attached hydrogens (primary N) is 1. The molecule has 1 aromatic carbocycles. The summed E-state index contributed by atoms with van der Waals surface area (Å²) < 4.78 is 0. The summed E-state index contributed by atoms with van der Waals surface area (Å²) in [7, 11) is 0. The lowest BCUT2D eigenvalue weighted by atomic mass is 10.1. The molecule has 0 saturated carbocycles. The lowest BCUT2D eigenvalue weighted by Crippen LogP contribution is -2.24. The second kappa shape index (κ2) is 5.39. The van der Waals surface area contributed by atoms with Crippen molar-refractivity contribution in [2.24, 2.45) is 0 Å². The minimum atomic E-state index is -0.575. The number of hydrogen-bond acceptors (Lipinski definition) is 5. The molecule has 0 unspecified atom stereocenters. The molecule has 0 bridgehead atoms. The summed E-state index contributed by atoms with van der Waals surface area (Å²) in [6.45, 7) is 1.79. The van der Waals surface area contributed by atoms with Crippen LogP contribution >= 0.6 is 0 Å². The van der Waals surface area contributed by atoms with E-state index in [1.165, 1.54) is 18.3 Å².